The highest BCUT2D eigenvalue weighted by molar-refractivity contribution is 14.1. The second-order valence-electron chi connectivity index (χ2n) is 5.25. The van der Waals surface area contributed by atoms with Gasteiger partial charge >= 0.3 is 0 Å². The van der Waals surface area contributed by atoms with Crippen LogP contribution >= 0.6 is 22.6 Å². The van der Waals surface area contributed by atoms with Crippen molar-refractivity contribution in [2.24, 2.45) is 5.73 Å². The number of amides is 1. The van der Waals surface area contributed by atoms with Crippen molar-refractivity contribution in [1.82, 2.24) is 19.5 Å². The number of fused-ring (bicyclic) bond motifs is 1. The van der Waals surface area contributed by atoms with Gasteiger partial charge in [-0.1, -0.05) is 0 Å². The number of rotatable bonds is 4. The largest absolute Gasteiger partial charge is 0.388 e. The predicted octanol–water partition coefficient (Wildman–Crippen LogP) is -1.10. The molecule has 0 radical (unpaired) electrons. The Morgan fingerprint density at radius 3 is 2.83 bits per heavy atom. The number of nitrogens with zero attached hydrogens (tertiary/aromatic N) is 4. The molecule has 0 unspecified atom stereocenters. The van der Waals surface area contributed by atoms with Crippen LogP contribution in [0.25, 0.3) is 11.2 Å². The molecule has 2 aromatic rings. The highest BCUT2D eigenvalue weighted by atomic mass is 127. The van der Waals surface area contributed by atoms with Crippen molar-refractivity contribution in [3.05, 3.63) is 10.2 Å². The zero-order valence-corrected chi connectivity index (χ0v) is 14.0. The molecule has 124 valence electrons. The van der Waals surface area contributed by atoms with Crippen LogP contribution in [0, 0.1) is 3.83 Å². The summed E-state index contributed by atoms with van der Waals surface area (Å²) in [5.74, 6) is -0.279. The van der Waals surface area contributed by atoms with Crippen molar-refractivity contribution in [3.8, 4) is 0 Å². The fourth-order valence-electron chi connectivity index (χ4n) is 2.58. The van der Waals surface area contributed by atoms with Crippen molar-refractivity contribution >= 4 is 45.5 Å². The van der Waals surface area contributed by atoms with Crippen molar-refractivity contribution < 1.29 is 19.7 Å². The molecule has 3 heterocycles. The maximum atomic E-state index is 10.9. The summed E-state index contributed by atoms with van der Waals surface area (Å²) < 4.78 is 7.60. The van der Waals surface area contributed by atoms with E-state index in [1.165, 1.54) is 10.9 Å². The van der Waals surface area contributed by atoms with Crippen LogP contribution in [0.5, 0.6) is 0 Å². The number of anilines is 1. The summed E-state index contributed by atoms with van der Waals surface area (Å²) in [6.07, 6.45) is -2.25. The molecule has 23 heavy (non-hydrogen) atoms. The molecule has 3 rings (SSSR count). The van der Waals surface area contributed by atoms with Gasteiger partial charge in [0.1, 0.15) is 17.7 Å². The van der Waals surface area contributed by atoms with Gasteiger partial charge in [0.25, 0.3) is 0 Å². The van der Waals surface area contributed by atoms with E-state index in [1.54, 1.807) is 0 Å². The zero-order chi connectivity index (χ0) is 16.7. The maximum Gasteiger partial charge on any atom is 0.217 e. The molecule has 11 heteroatoms. The molecule has 0 aromatic carbocycles. The number of halogens is 1. The first kappa shape index (κ1) is 16.3. The molecular formula is C12H15IN6O4. The average Bonchev–Trinajstić information content (AvgIpc) is 3.00. The number of nitrogen functional groups attached to an aromatic ring is 1. The quantitative estimate of drug-likeness (QED) is 0.348. The van der Waals surface area contributed by atoms with E-state index in [0.29, 0.717) is 15.0 Å². The van der Waals surface area contributed by atoms with Gasteiger partial charge in [-0.05, 0) is 6.42 Å². The molecule has 1 amide bonds. The molecule has 1 saturated heterocycles. The van der Waals surface area contributed by atoms with Gasteiger partial charge in [0.05, 0.1) is 12.4 Å². The van der Waals surface area contributed by atoms with E-state index in [2.05, 4.69) is 15.0 Å². The number of hydrogen-bond acceptors (Lipinski definition) is 8. The summed E-state index contributed by atoms with van der Waals surface area (Å²) in [7, 11) is 0. The van der Waals surface area contributed by atoms with E-state index in [0.717, 1.165) is 0 Å². The third kappa shape index (κ3) is 2.96. The summed E-state index contributed by atoms with van der Waals surface area (Å²) in [6, 6.07) is 0. The maximum absolute atomic E-state index is 10.9. The molecule has 0 bridgehead atoms. The normalized spacial score (nSPS) is 27.6. The van der Waals surface area contributed by atoms with Crippen LogP contribution < -0.4 is 11.5 Å². The average molecular weight is 434 g/mol. The fourth-order valence-corrected chi connectivity index (χ4v) is 3.07. The first-order valence-electron chi connectivity index (χ1n) is 6.84. The lowest BCUT2D eigenvalue weighted by molar-refractivity contribution is -0.119. The molecule has 1 aliphatic rings. The van der Waals surface area contributed by atoms with Gasteiger partial charge in [0, 0.05) is 29.0 Å². The van der Waals surface area contributed by atoms with Gasteiger partial charge in [0.15, 0.2) is 21.5 Å². The molecule has 10 nitrogen and oxygen atoms in total. The van der Waals surface area contributed by atoms with Crippen LogP contribution in [-0.4, -0.2) is 54.0 Å². The number of imidazole rings is 1. The minimum absolute atomic E-state index is 0.0544. The highest BCUT2D eigenvalue weighted by Crippen LogP contribution is 2.33. The standard InChI is InChI=1S/C12H15IN6O4/c13-12-17-9(15)6-10(18-12)19(3-16-6)11-8(22)7(21)4(23-11)1-2-5(14)20/h3-4,7-8,11,21-22H,1-2H2,(H2,14,20)(H2,15,17,18)/t4-,7+,8+,11+/m0/s1. The highest BCUT2D eigenvalue weighted by Gasteiger charge is 2.44. The summed E-state index contributed by atoms with van der Waals surface area (Å²) in [5, 5.41) is 20.3. The summed E-state index contributed by atoms with van der Waals surface area (Å²) in [4.78, 5) is 23.3. The van der Waals surface area contributed by atoms with E-state index < -0.39 is 30.4 Å². The number of primary amides is 1. The Morgan fingerprint density at radius 2 is 2.13 bits per heavy atom. The first-order chi connectivity index (χ1) is 10.9. The van der Waals surface area contributed by atoms with Crippen LogP contribution in [0.3, 0.4) is 0 Å². The number of nitrogens with two attached hydrogens (primary N) is 2. The molecular weight excluding hydrogens is 419 g/mol. The number of ether oxygens (including phenoxy) is 1. The van der Waals surface area contributed by atoms with Gasteiger partial charge in [-0.3, -0.25) is 9.36 Å². The molecule has 4 atom stereocenters. The SMILES string of the molecule is NC(=O)CC[C@@H]1O[C@@H](n2cnc3c(N)nc(I)nc32)[C@H](O)[C@@H]1O. The summed E-state index contributed by atoms with van der Waals surface area (Å²) in [5.41, 5.74) is 11.7. The Kier molecular flexibility index (Phi) is 4.35. The van der Waals surface area contributed by atoms with Crippen LogP contribution in [0.1, 0.15) is 19.1 Å². The number of carbonyl (C=O) groups excluding carboxylic acids is 1. The Hall–Kier alpha value is -1.57. The number of hydrogen-bond donors (Lipinski definition) is 4. The monoisotopic (exact) mass is 434 g/mol. The first-order valence-corrected chi connectivity index (χ1v) is 7.92. The summed E-state index contributed by atoms with van der Waals surface area (Å²) >= 11 is 1.92. The van der Waals surface area contributed by atoms with Crippen molar-refractivity contribution in [2.45, 2.75) is 37.4 Å². The number of carbonyl (C=O) groups is 1. The number of aliphatic hydroxyl groups is 2. The molecule has 0 saturated carbocycles. The van der Waals surface area contributed by atoms with E-state index in [9.17, 15) is 15.0 Å². The Bertz CT molecular complexity index is 752. The smallest absolute Gasteiger partial charge is 0.217 e. The minimum Gasteiger partial charge on any atom is -0.388 e. The second-order valence-corrected chi connectivity index (χ2v) is 6.22. The lowest BCUT2D eigenvalue weighted by atomic mass is 10.1. The van der Waals surface area contributed by atoms with Crippen LogP contribution in [0.4, 0.5) is 5.82 Å². The van der Waals surface area contributed by atoms with Gasteiger partial charge < -0.3 is 26.4 Å². The Morgan fingerprint density at radius 1 is 1.39 bits per heavy atom. The van der Waals surface area contributed by atoms with Crippen LogP contribution in [0.15, 0.2) is 6.33 Å². The lowest BCUT2D eigenvalue weighted by Gasteiger charge is -2.16. The third-order valence-electron chi connectivity index (χ3n) is 3.71. The molecule has 1 aliphatic heterocycles. The van der Waals surface area contributed by atoms with Gasteiger partial charge in [-0.25, -0.2) is 15.0 Å². The summed E-state index contributed by atoms with van der Waals surface area (Å²) in [6.45, 7) is 0. The Labute approximate surface area is 144 Å². The van der Waals surface area contributed by atoms with Gasteiger partial charge in [0.2, 0.25) is 5.91 Å². The number of aliphatic hydroxyl groups excluding tert-OH is 2. The minimum atomic E-state index is -1.20. The molecule has 0 aliphatic carbocycles. The predicted molar refractivity (Wildman–Crippen MR) is 86.8 cm³/mol. The topological polar surface area (TPSA) is 162 Å². The molecule has 1 fully saturated rings. The van der Waals surface area contributed by atoms with Crippen LogP contribution in [-0.2, 0) is 9.53 Å². The van der Waals surface area contributed by atoms with Gasteiger partial charge in [-0.15, -0.1) is 0 Å². The molecule has 6 N–H and O–H groups in total. The second kappa shape index (κ2) is 6.14. The third-order valence-corrected chi connectivity index (χ3v) is 4.19. The van der Waals surface area contributed by atoms with Crippen molar-refractivity contribution in [1.29, 1.82) is 0 Å². The number of aromatic nitrogens is 4. The van der Waals surface area contributed by atoms with Crippen LogP contribution in [0.2, 0.25) is 0 Å². The van der Waals surface area contributed by atoms with Crippen molar-refractivity contribution in [3.63, 3.8) is 0 Å². The zero-order valence-electron chi connectivity index (χ0n) is 11.8. The molecule has 0 spiro atoms. The van der Waals surface area contributed by atoms with E-state index in [-0.39, 0.29) is 18.7 Å². The van der Waals surface area contributed by atoms with E-state index in [1.807, 2.05) is 22.6 Å². The molecule has 2 aromatic heterocycles. The lowest BCUT2D eigenvalue weighted by Crippen LogP contribution is -2.32. The van der Waals surface area contributed by atoms with E-state index in [4.69, 9.17) is 16.2 Å². The van der Waals surface area contributed by atoms with E-state index >= 15 is 0 Å². The van der Waals surface area contributed by atoms with Gasteiger partial charge in [-0.2, -0.15) is 0 Å². The fraction of sp³-hybridized carbons (Fsp3) is 0.500. The van der Waals surface area contributed by atoms with Crippen molar-refractivity contribution in [2.75, 3.05) is 5.73 Å². The Balaban J connectivity index is 1.91.